The molecule has 0 radical (unpaired) electrons. The van der Waals surface area contributed by atoms with Crippen LogP contribution in [0.3, 0.4) is 0 Å². The van der Waals surface area contributed by atoms with Gasteiger partial charge in [0.1, 0.15) is 6.23 Å². The molecule has 0 amide bonds. The van der Waals surface area contributed by atoms with Gasteiger partial charge in [0.2, 0.25) is 0 Å². The smallest absolute Gasteiger partial charge is 0.375 e. The van der Waals surface area contributed by atoms with Gasteiger partial charge >= 0.3 is 8.80 Å². The molecule has 0 saturated carbocycles. The second kappa shape index (κ2) is 5.66. The van der Waals surface area contributed by atoms with E-state index in [1.54, 1.807) is 21.3 Å². The Morgan fingerprint density at radius 3 is 1.67 bits per heavy atom. The molecule has 0 atom stereocenters. The Morgan fingerprint density at radius 2 is 1.42 bits per heavy atom. The molecule has 0 aliphatic carbocycles. The van der Waals surface area contributed by atoms with Crippen molar-refractivity contribution in [3.8, 4) is 0 Å². The van der Waals surface area contributed by atoms with Crippen LogP contribution in [0.1, 0.15) is 13.8 Å². The predicted molar refractivity (Wildman–Crippen MR) is 47.9 cm³/mol. The minimum Gasteiger partial charge on any atom is -0.375 e. The SMILES string of the molecule is CO[Si](COC(C)C)(OC)OC. The fourth-order valence-corrected chi connectivity index (χ4v) is 2.09. The summed E-state index contributed by atoms with van der Waals surface area (Å²) in [5.74, 6) is 0. The molecule has 0 spiro atoms. The van der Waals surface area contributed by atoms with Gasteiger partial charge in [-0.25, -0.2) is 0 Å². The molecule has 4 nitrogen and oxygen atoms in total. The van der Waals surface area contributed by atoms with Crippen LogP contribution in [0.15, 0.2) is 0 Å². The first-order valence-electron chi connectivity index (χ1n) is 3.87. The third kappa shape index (κ3) is 3.64. The van der Waals surface area contributed by atoms with Crippen LogP contribution in [-0.4, -0.2) is 42.5 Å². The quantitative estimate of drug-likeness (QED) is 0.587. The van der Waals surface area contributed by atoms with Gasteiger partial charge in [0.05, 0.1) is 6.10 Å². The van der Waals surface area contributed by atoms with Crippen LogP contribution in [0.25, 0.3) is 0 Å². The molecule has 12 heavy (non-hydrogen) atoms. The van der Waals surface area contributed by atoms with Gasteiger partial charge in [-0.3, -0.25) is 0 Å². The van der Waals surface area contributed by atoms with Crippen LogP contribution in [0.5, 0.6) is 0 Å². The second-order valence-electron chi connectivity index (χ2n) is 2.66. The summed E-state index contributed by atoms with van der Waals surface area (Å²) in [7, 11) is 2.21. The number of rotatable bonds is 6. The average molecular weight is 194 g/mol. The summed E-state index contributed by atoms with van der Waals surface area (Å²) >= 11 is 0. The van der Waals surface area contributed by atoms with E-state index in [1.165, 1.54) is 0 Å². The van der Waals surface area contributed by atoms with Crippen molar-refractivity contribution < 1.29 is 18.0 Å². The van der Waals surface area contributed by atoms with Crippen molar-refractivity contribution in [1.29, 1.82) is 0 Å². The van der Waals surface area contributed by atoms with E-state index < -0.39 is 8.80 Å². The number of hydrogen-bond donors (Lipinski definition) is 0. The summed E-state index contributed by atoms with van der Waals surface area (Å²) in [6, 6.07) is 0. The molecule has 0 unspecified atom stereocenters. The molecule has 0 aromatic carbocycles. The topological polar surface area (TPSA) is 36.9 Å². The highest BCUT2D eigenvalue weighted by molar-refractivity contribution is 6.60. The van der Waals surface area contributed by atoms with Crippen molar-refractivity contribution in [3.63, 3.8) is 0 Å². The summed E-state index contributed by atoms with van der Waals surface area (Å²) in [6.07, 6.45) is 0.561. The Hall–Kier alpha value is 0.0569. The highest BCUT2D eigenvalue weighted by Crippen LogP contribution is 2.07. The van der Waals surface area contributed by atoms with Gasteiger partial charge in [-0.15, -0.1) is 0 Å². The van der Waals surface area contributed by atoms with Crippen LogP contribution in [0.4, 0.5) is 0 Å². The van der Waals surface area contributed by atoms with Crippen molar-refractivity contribution in [2.75, 3.05) is 27.6 Å². The molecule has 0 saturated heterocycles. The van der Waals surface area contributed by atoms with Crippen LogP contribution < -0.4 is 0 Å². The van der Waals surface area contributed by atoms with E-state index in [4.69, 9.17) is 18.0 Å². The Bertz CT molecular complexity index is 106. The second-order valence-corrected chi connectivity index (χ2v) is 5.53. The maximum Gasteiger partial charge on any atom is 0.527 e. The lowest BCUT2D eigenvalue weighted by Crippen LogP contribution is -2.48. The van der Waals surface area contributed by atoms with E-state index in [-0.39, 0.29) is 6.10 Å². The number of ether oxygens (including phenoxy) is 1. The van der Waals surface area contributed by atoms with Gasteiger partial charge in [0.15, 0.2) is 0 Å². The fourth-order valence-electron chi connectivity index (χ4n) is 0.696. The van der Waals surface area contributed by atoms with Crippen LogP contribution in [0.2, 0.25) is 0 Å². The minimum atomic E-state index is -2.50. The Kier molecular flexibility index (Phi) is 5.69. The molecule has 0 aliphatic rings. The van der Waals surface area contributed by atoms with Crippen LogP contribution >= 0.6 is 0 Å². The van der Waals surface area contributed by atoms with Gasteiger partial charge < -0.3 is 18.0 Å². The van der Waals surface area contributed by atoms with Gasteiger partial charge in [-0.1, -0.05) is 0 Å². The third-order valence-corrected chi connectivity index (χ3v) is 3.91. The molecular formula is C7H18O4Si. The molecule has 0 heterocycles. The zero-order chi connectivity index (χ0) is 9.61. The zero-order valence-corrected chi connectivity index (χ0v) is 9.42. The Labute approximate surface area is 75.1 Å². The lowest BCUT2D eigenvalue weighted by molar-refractivity contribution is 0.0391. The van der Waals surface area contributed by atoms with E-state index in [0.717, 1.165) is 0 Å². The van der Waals surface area contributed by atoms with Crippen molar-refractivity contribution in [2.24, 2.45) is 0 Å². The summed E-state index contributed by atoms with van der Waals surface area (Å²) < 4.78 is 20.8. The van der Waals surface area contributed by atoms with Crippen molar-refractivity contribution in [3.05, 3.63) is 0 Å². The Morgan fingerprint density at radius 1 is 1.00 bits per heavy atom. The maximum atomic E-state index is 5.37. The van der Waals surface area contributed by atoms with Gasteiger partial charge in [0.25, 0.3) is 0 Å². The van der Waals surface area contributed by atoms with Crippen LogP contribution in [0, 0.1) is 0 Å². The standard InChI is InChI=1S/C7H18O4Si/c1-7(2)11-6-12(8-3,9-4)10-5/h7H,6H2,1-5H3. The highest BCUT2D eigenvalue weighted by Gasteiger charge is 2.38. The minimum absolute atomic E-state index is 0.164. The van der Waals surface area contributed by atoms with Gasteiger partial charge in [-0.2, -0.15) is 0 Å². The first-order valence-corrected chi connectivity index (χ1v) is 5.80. The van der Waals surface area contributed by atoms with Crippen molar-refractivity contribution >= 4 is 8.80 Å². The Balaban J connectivity index is 3.93. The molecule has 5 heteroatoms. The van der Waals surface area contributed by atoms with E-state index in [9.17, 15) is 0 Å². The molecule has 74 valence electrons. The molecule has 0 aliphatic heterocycles. The van der Waals surface area contributed by atoms with Gasteiger partial charge in [-0.05, 0) is 13.8 Å². The molecule has 0 aromatic rings. The van der Waals surface area contributed by atoms with E-state index >= 15 is 0 Å². The molecule has 0 rings (SSSR count). The van der Waals surface area contributed by atoms with Crippen LogP contribution in [-0.2, 0) is 18.0 Å². The molecule has 0 fully saturated rings. The molecule has 0 N–H and O–H groups in total. The lowest BCUT2D eigenvalue weighted by atomic mass is 10.5. The fraction of sp³-hybridized carbons (Fsp3) is 1.00. The molecule has 0 bridgehead atoms. The summed E-state index contributed by atoms with van der Waals surface area (Å²) in [5, 5.41) is 0. The molecular weight excluding hydrogens is 176 g/mol. The normalized spacial score (nSPS) is 12.5. The maximum absolute atomic E-state index is 5.37. The van der Waals surface area contributed by atoms with Crippen molar-refractivity contribution in [2.45, 2.75) is 20.0 Å². The average Bonchev–Trinajstić information content (AvgIpc) is 2.08. The van der Waals surface area contributed by atoms with E-state index in [2.05, 4.69) is 0 Å². The zero-order valence-electron chi connectivity index (χ0n) is 8.42. The lowest BCUT2D eigenvalue weighted by Gasteiger charge is -2.24. The monoisotopic (exact) mass is 194 g/mol. The number of hydrogen-bond acceptors (Lipinski definition) is 4. The first-order chi connectivity index (χ1) is 5.60. The highest BCUT2D eigenvalue weighted by atomic mass is 28.4. The predicted octanol–water partition coefficient (Wildman–Crippen LogP) is 0.829. The third-order valence-electron chi connectivity index (χ3n) is 1.53. The summed E-state index contributed by atoms with van der Waals surface area (Å²) in [5.41, 5.74) is 0. The van der Waals surface area contributed by atoms with E-state index in [1.807, 2.05) is 13.8 Å². The first kappa shape index (κ1) is 12.1. The largest absolute Gasteiger partial charge is 0.527 e. The van der Waals surface area contributed by atoms with Crippen molar-refractivity contribution in [1.82, 2.24) is 0 Å². The van der Waals surface area contributed by atoms with E-state index in [0.29, 0.717) is 6.23 Å². The summed E-state index contributed by atoms with van der Waals surface area (Å²) in [4.78, 5) is 0. The molecule has 0 aromatic heterocycles. The summed E-state index contributed by atoms with van der Waals surface area (Å²) in [6.45, 7) is 3.92. The van der Waals surface area contributed by atoms with Gasteiger partial charge in [0, 0.05) is 21.3 Å².